The highest BCUT2D eigenvalue weighted by Gasteiger charge is 2.31. The molecule has 9 heteroatoms. The molecule has 170 valence electrons. The van der Waals surface area contributed by atoms with Crippen molar-refractivity contribution in [1.29, 1.82) is 0 Å². The van der Waals surface area contributed by atoms with Crippen LogP contribution in [-0.4, -0.2) is 30.5 Å². The van der Waals surface area contributed by atoms with Gasteiger partial charge in [-0.1, -0.05) is 36.4 Å². The molecule has 5 nitrogen and oxygen atoms in total. The number of anilines is 2. The number of fused-ring (bicyclic) bond motifs is 1. The molecule has 3 aromatic rings. The molecule has 0 bridgehead atoms. The van der Waals surface area contributed by atoms with E-state index in [-0.39, 0.29) is 17.3 Å². The molecule has 0 aliphatic carbocycles. The molecule has 0 fully saturated rings. The summed E-state index contributed by atoms with van der Waals surface area (Å²) >= 11 is 1.24. The quantitative estimate of drug-likeness (QED) is 0.480. The molecule has 0 aromatic heterocycles. The molecule has 1 N–H and O–H groups in total. The Morgan fingerprint density at radius 2 is 1.76 bits per heavy atom. The van der Waals surface area contributed by atoms with Gasteiger partial charge >= 0.3 is 6.36 Å². The Labute approximate surface area is 192 Å². The van der Waals surface area contributed by atoms with E-state index in [1.165, 1.54) is 23.9 Å². The number of nitrogens with one attached hydrogen (secondary N) is 1. The lowest BCUT2D eigenvalue weighted by Gasteiger charge is -2.17. The molecule has 1 aliphatic heterocycles. The Bertz CT molecular complexity index is 1180. The van der Waals surface area contributed by atoms with Crippen LogP contribution in [-0.2, 0) is 11.2 Å². The molecule has 0 spiro atoms. The predicted molar refractivity (Wildman–Crippen MR) is 121 cm³/mol. The van der Waals surface area contributed by atoms with E-state index >= 15 is 0 Å². The van der Waals surface area contributed by atoms with E-state index < -0.39 is 18.0 Å². The number of carbonyl (C=O) groups is 2. The van der Waals surface area contributed by atoms with Crippen LogP contribution >= 0.6 is 11.8 Å². The maximum absolute atomic E-state index is 12.8. The van der Waals surface area contributed by atoms with Crippen LogP contribution in [0, 0.1) is 0 Å². The van der Waals surface area contributed by atoms with Crippen molar-refractivity contribution < 1.29 is 27.5 Å². The molecular formula is C24H19F3N2O3S. The molecular weight excluding hydrogens is 453 g/mol. The summed E-state index contributed by atoms with van der Waals surface area (Å²) in [7, 11) is 0. The third kappa shape index (κ3) is 5.67. The molecule has 0 unspecified atom stereocenters. The maximum Gasteiger partial charge on any atom is 0.573 e. The second kappa shape index (κ2) is 9.58. The lowest BCUT2D eigenvalue weighted by Crippen LogP contribution is -2.30. The molecule has 0 radical (unpaired) electrons. The van der Waals surface area contributed by atoms with Gasteiger partial charge in [-0.3, -0.25) is 9.59 Å². The Kier molecular flexibility index (Phi) is 6.60. The van der Waals surface area contributed by atoms with Crippen LogP contribution in [0.15, 0.2) is 77.7 Å². The minimum atomic E-state index is -4.83. The summed E-state index contributed by atoms with van der Waals surface area (Å²) in [6, 6.07) is 19.6. The predicted octanol–water partition coefficient (Wildman–Crippen LogP) is 5.52. The SMILES string of the molecule is O=C(Nc1cccc(OC(F)(F)F)c1)c1ccccc1SCC(=O)N1CCc2ccccc21. The van der Waals surface area contributed by atoms with Gasteiger partial charge < -0.3 is 15.0 Å². The minimum Gasteiger partial charge on any atom is -0.406 e. The van der Waals surface area contributed by atoms with Gasteiger partial charge in [0.05, 0.1) is 11.3 Å². The first-order valence-electron chi connectivity index (χ1n) is 10.1. The molecule has 0 saturated carbocycles. The van der Waals surface area contributed by atoms with Gasteiger partial charge in [0.1, 0.15) is 5.75 Å². The summed E-state index contributed by atoms with van der Waals surface area (Å²) in [6.45, 7) is 0.622. The van der Waals surface area contributed by atoms with Crippen molar-refractivity contribution in [3.63, 3.8) is 0 Å². The standard InChI is InChI=1S/C24H19F3N2O3S/c25-24(26,27)32-18-8-5-7-17(14-18)28-23(31)19-9-2-4-11-21(19)33-15-22(30)29-13-12-16-6-1-3-10-20(16)29/h1-11,14H,12-13,15H2,(H,28,31). The van der Waals surface area contributed by atoms with Gasteiger partial charge in [0.25, 0.3) is 5.91 Å². The highest BCUT2D eigenvalue weighted by atomic mass is 32.2. The van der Waals surface area contributed by atoms with Gasteiger partial charge in [-0.15, -0.1) is 24.9 Å². The fraction of sp³-hybridized carbons (Fsp3) is 0.167. The lowest BCUT2D eigenvalue weighted by molar-refractivity contribution is -0.274. The first-order chi connectivity index (χ1) is 15.8. The number of halogens is 3. The monoisotopic (exact) mass is 472 g/mol. The van der Waals surface area contributed by atoms with E-state index in [0.29, 0.717) is 17.0 Å². The van der Waals surface area contributed by atoms with Gasteiger partial charge in [0.15, 0.2) is 0 Å². The Balaban J connectivity index is 1.43. The van der Waals surface area contributed by atoms with Crippen LogP contribution in [0.25, 0.3) is 0 Å². The van der Waals surface area contributed by atoms with E-state index in [2.05, 4.69) is 10.1 Å². The van der Waals surface area contributed by atoms with Crippen LogP contribution in [0.1, 0.15) is 15.9 Å². The first-order valence-corrected chi connectivity index (χ1v) is 11.1. The summed E-state index contributed by atoms with van der Waals surface area (Å²) in [4.78, 5) is 28.0. The molecule has 3 aromatic carbocycles. The first kappa shape index (κ1) is 22.7. The van der Waals surface area contributed by atoms with Crippen molar-refractivity contribution in [1.82, 2.24) is 0 Å². The molecule has 4 rings (SSSR count). The number of amides is 2. The number of carbonyl (C=O) groups excluding carboxylic acids is 2. The van der Waals surface area contributed by atoms with Gasteiger partial charge in [-0.25, -0.2) is 0 Å². The molecule has 2 amide bonds. The van der Waals surface area contributed by atoms with Crippen LogP contribution in [0.2, 0.25) is 0 Å². The van der Waals surface area contributed by atoms with Crippen molar-refractivity contribution in [2.75, 3.05) is 22.5 Å². The number of rotatable bonds is 6. The molecule has 33 heavy (non-hydrogen) atoms. The van der Waals surface area contributed by atoms with Gasteiger partial charge in [-0.05, 0) is 42.3 Å². The van der Waals surface area contributed by atoms with E-state index in [1.807, 2.05) is 24.3 Å². The minimum absolute atomic E-state index is 0.0582. The smallest absolute Gasteiger partial charge is 0.406 e. The maximum atomic E-state index is 12.8. The number of ether oxygens (including phenoxy) is 1. The third-order valence-electron chi connectivity index (χ3n) is 5.00. The van der Waals surface area contributed by atoms with Crippen molar-refractivity contribution in [2.24, 2.45) is 0 Å². The molecule has 1 heterocycles. The Hall–Kier alpha value is -3.46. The summed E-state index contributed by atoms with van der Waals surface area (Å²) in [6.07, 6.45) is -4.02. The number of benzene rings is 3. The Morgan fingerprint density at radius 3 is 2.58 bits per heavy atom. The second-order valence-corrected chi connectivity index (χ2v) is 8.26. The van der Waals surface area contributed by atoms with Crippen LogP contribution in [0.4, 0.5) is 24.5 Å². The number of nitrogens with zero attached hydrogens (tertiary/aromatic N) is 1. The van der Waals surface area contributed by atoms with E-state index in [9.17, 15) is 22.8 Å². The zero-order valence-electron chi connectivity index (χ0n) is 17.3. The second-order valence-electron chi connectivity index (χ2n) is 7.24. The van der Waals surface area contributed by atoms with E-state index in [0.717, 1.165) is 29.8 Å². The van der Waals surface area contributed by atoms with E-state index in [1.54, 1.807) is 29.2 Å². The summed E-state index contributed by atoms with van der Waals surface area (Å²) in [5.74, 6) is -0.842. The Morgan fingerprint density at radius 1 is 1.00 bits per heavy atom. The van der Waals surface area contributed by atoms with Crippen molar-refractivity contribution >= 4 is 35.0 Å². The average Bonchev–Trinajstić information content (AvgIpc) is 3.21. The van der Waals surface area contributed by atoms with Gasteiger partial charge in [0, 0.05) is 28.9 Å². The largest absolute Gasteiger partial charge is 0.573 e. The van der Waals surface area contributed by atoms with Crippen LogP contribution < -0.4 is 15.0 Å². The molecule has 0 saturated heterocycles. The van der Waals surface area contributed by atoms with Crippen molar-refractivity contribution in [3.8, 4) is 5.75 Å². The average molecular weight is 472 g/mol. The zero-order valence-corrected chi connectivity index (χ0v) is 18.1. The summed E-state index contributed by atoms with van der Waals surface area (Å²) in [5.41, 5.74) is 2.52. The number of para-hydroxylation sites is 1. The van der Waals surface area contributed by atoms with E-state index in [4.69, 9.17) is 0 Å². The van der Waals surface area contributed by atoms with Gasteiger partial charge in [0.2, 0.25) is 5.91 Å². The van der Waals surface area contributed by atoms with Crippen molar-refractivity contribution in [2.45, 2.75) is 17.7 Å². The molecule has 0 atom stereocenters. The van der Waals surface area contributed by atoms with Crippen molar-refractivity contribution in [3.05, 3.63) is 83.9 Å². The highest BCUT2D eigenvalue weighted by Crippen LogP contribution is 2.30. The lowest BCUT2D eigenvalue weighted by atomic mass is 10.2. The fourth-order valence-electron chi connectivity index (χ4n) is 3.56. The van der Waals surface area contributed by atoms with Crippen LogP contribution in [0.3, 0.4) is 0 Å². The number of alkyl halides is 3. The van der Waals surface area contributed by atoms with Gasteiger partial charge in [-0.2, -0.15) is 0 Å². The topological polar surface area (TPSA) is 58.6 Å². The molecule has 1 aliphatic rings. The third-order valence-corrected chi connectivity index (χ3v) is 6.05. The summed E-state index contributed by atoms with van der Waals surface area (Å²) < 4.78 is 41.3. The zero-order chi connectivity index (χ0) is 23.4. The number of thioether (sulfide) groups is 1. The van der Waals surface area contributed by atoms with Crippen LogP contribution in [0.5, 0.6) is 5.75 Å². The fourth-order valence-corrected chi connectivity index (χ4v) is 4.49. The summed E-state index contributed by atoms with van der Waals surface area (Å²) in [5, 5.41) is 2.59. The highest BCUT2D eigenvalue weighted by molar-refractivity contribution is 8.00. The number of hydrogen-bond donors (Lipinski definition) is 1. The normalized spacial score (nSPS) is 12.9. The number of hydrogen-bond acceptors (Lipinski definition) is 4.